The van der Waals surface area contributed by atoms with Crippen molar-refractivity contribution in [3.63, 3.8) is 0 Å². The van der Waals surface area contributed by atoms with Crippen LogP contribution >= 0.6 is 0 Å². The van der Waals surface area contributed by atoms with E-state index in [1.165, 1.54) is 6.07 Å². The van der Waals surface area contributed by atoms with Gasteiger partial charge in [0, 0.05) is 25.4 Å². The summed E-state index contributed by atoms with van der Waals surface area (Å²) < 4.78 is 38.4. The first-order valence-electron chi connectivity index (χ1n) is 8.83. The van der Waals surface area contributed by atoms with Crippen molar-refractivity contribution in [1.29, 1.82) is 0 Å². The fraction of sp³-hybridized carbons (Fsp3) is 0.579. The Bertz CT molecular complexity index is 645. The van der Waals surface area contributed by atoms with E-state index in [0.29, 0.717) is 25.1 Å². The molecule has 144 valence electrons. The highest BCUT2D eigenvalue weighted by molar-refractivity contribution is 5.79. The molecule has 0 radical (unpaired) electrons. The number of nitrogens with zero attached hydrogens (tertiary/aromatic N) is 1. The molecule has 1 aromatic rings. The first kappa shape index (κ1) is 20.3. The largest absolute Gasteiger partial charge is 0.481 e. The predicted octanol–water partition coefficient (Wildman–Crippen LogP) is 3.99. The van der Waals surface area contributed by atoms with Crippen molar-refractivity contribution in [3.8, 4) is 0 Å². The summed E-state index contributed by atoms with van der Waals surface area (Å²) in [6.45, 7) is 2.87. The van der Waals surface area contributed by atoms with E-state index in [0.717, 1.165) is 25.0 Å². The molecular formula is C19H24F3NO3. The Kier molecular flexibility index (Phi) is 6.67. The maximum Gasteiger partial charge on any atom is 0.416 e. The standard InChI is InChI=1S/C19H24F3NO3/c1-13(10-15-4-2-6-16(11-15)19(20,21)22)18(26)23-9-3-5-14(12-23)7-8-17(24)25/h2,4,6,11,13-14H,3,5,7-10,12H2,1H3,(H,24,25)/t13-,14-/m0/s1. The van der Waals surface area contributed by atoms with Gasteiger partial charge >= 0.3 is 12.1 Å². The molecule has 7 heteroatoms. The molecule has 1 amide bonds. The Morgan fingerprint density at radius 3 is 2.73 bits per heavy atom. The highest BCUT2D eigenvalue weighted by Crippen LogP contribution is 2.30. The number of piperidine rings is 1. The minimum Gasteiger partial charge on any atom is -0.481 e. The lowest BCUT2D eigenvalue weighted by atomic mass is 9.91. The molecule has 0 saturated carbocycles. The van der Waals surface area contributed by atoms with E-state index in [4.69, 9.17) is 5.11 Å². The van der Waals surface area contributed by atoms with Crippen LogP contribution in [0.25, 0.3) is 0 Å². The molecule has 26 heavy (non-hydrogen) atoms. The smallest absolute Gasteiger partial charge is 0.416 e. The quantitative estimate of drug-likeness (QED) is 0.823. The summed E-state index contributed by atoms with van der Waals surface area (Å²) in [5.74, 6) is -1.17. The Morgan fingerprint density at radius 2 is 2.08 bits per heavy atom. The van der Waals surface area contributed by atoms with Crippen LogP contribution in [-0.2, 0) is 22.2 Å². The van der Waals surface area contributed by atoms with Gasteiger partial charge < -0.3 is 10.0 Å². The maximum absolute atomic E-state index is 12.8. The van der Waals surface area contributed by atoms with Crippen LogP contribution in [-0.4, -0.2) is 35.0 Å². The lowest BCUT2D eigenvalue weighted by molar-refractivity contribution is -0.138. The zero-order valence-corrected chi connectivity index (χ0v) is 14.8. The molecule has 1 fully saturated rings. The molecular weight excluding hydrogens is 347 g/mol. The van der Waals surface area contributed by atoms with Crippen LogP contribution < -0.4 is 0 Å². The van der Waals surface area contributed by atoms with Gasteiger partial charge in [-0.05, 0) is 43.2 Å². The van der Waals surface area contributed by atoms with Crippen LogP contribution in [0, 0.1) is 11.8 Å². The summed E-state index contributed by atoms with van der Waals surface area (Å²) in [5, 5.41) is 8.79. The van der Waals surface area contributed by atoms with Gasteiger partial charge in [0.05, 0.1) is 5.56 Å². The summed E-state index contributed by atoms with van der Waals surface area (Å²) in [7, 11) is 0. The van der Waals surface area contributed by atoms with Gasteiger partial charge in [-0.3, -0.25) is 9.59 Å². The van der Waals surface area contributed by atoms with E-state index in [9.17, 15) is 22.8 Å². The van der Waals surface area contributed by atoms with E-state index >= 15 is 0 Å². The maximum atomic E-state index is 12.8. The number of likely N-dealkylation sites (tertiary alicyclic amines) is 1. The van der Waals surface area contributed by atoms with Crippen LogP contribution in [0.5, 0.6) is 0 Å². The Morgan fingerprint density at radius 1 is 1.35 bits per heavy atom. The molecule has 1 aliphatic rings. The number of carbonyl (C=O) groups is 2. The lowest BCUT2D eigenvalue weighted by Crippen LogP contribution is -2.43. The monoisotopic (exact) mass is 371 g/mol. The van der Waals surface area contributed by atoms with E-state index in [-0.39, 0.29) is 24.7 Å². The summed E-state index contributed by atoms with van der Waals surface area (Å²) >= 11 is 0. The fourth-order valence-electron chi connectivity index (χ4n) is 3.46. The number of aliphatic carboxylic acids is 1. The first-order chi connectivity index (χ1) is 12.2. The highest BCUT2D eigenvalue weighted by Gasteiger charge is 2.31. The predicted molar refractivity (Wildman–Crippen MR) is 90.5 cm³/mol. The third kappa shape index (κ3) is 5.75. The van der Waals surface area contributed by atoms with E-state index < -0.39 is 23.6 Å². The van der Waals surface area contributed by atoms with Crippen LogP contribution in [0.15, 0.2) is 24.3 Å². The zero-order valence-electron chi connectivity index (χ0n) is 14.8. The van der Waals surface area contributed by atoms with Crippen molar-refractivity contribution in [2.45, 2.75) is 45.2 Å². The van der Waals surface area contributed by atoms with Gasteiger partial charge in [-0.25, -0.2) is 0 Å². The molecule has 0 aliphatic carbocycles. The van der Waals surface area contributed by atoms with Crippen molar-refractivity contribution in [2.75, 3.05) is 13.1 Å². The minimum atomic E-state index is -4.40. The fourth-order valence-corrected chi connectivity index (χ4v) is 3.46. The van der Waals surface area contributed by atoms with Crippen LogP contribution in [0.3, 0.4) is 0 Å². The Hall–Kier alpha value is -2.05. The van der Waals surface area contributed by atoms with Crippen molar-refractivity contribution >= 4 is 11.9 Å². The Balaban J connectivity index is 1.95. The Labute approximate surface area is 151 Å². The molecule has 1 N–H and O–H groups in total. The molecule has 1 aromatic carbocycles. The number of hydrogen-bond acceptors (Lipinski definition) is 2. The molecule has 0 aromatic heterocycles. The van der Waals surface area contributed by atoms with Gasteiger partial charge in [0.2, 0.25) is 5.91 Å². The molecule has 4 nitrogen and oxygen atoms in total. The second kappa shape index (κ2) is 8.56. The van der Waals surface area contributed by atoms with Crippen molar-refractivity contribution in [2.24, 2.45) is 11.8 Å². The number of amides is 1. The van der Waals surface area contributed by atoms with Gasteiger partial charge in [-0.15, -0.1) is 0 Å². The molecule has 1 aliphatic heterocycles. The van der Waals surface area contributed by atoms with E-state index in [1.54, 1.807) is 17.9 Å². The molecule has 0 spiro atoms. The SMILES string of the molecule is C[C@@H](Cc1cccc(C(F)(F)F)c1)C(=O)N1CCC[C@@H](CCC(=O)O)C1. The zero-order chi connectivity index (χ0) is 19.3. The summed E-state index contributed by atoms with van der Waals surface area (Å²) in [5.41, 5.74) is -0.221. The van der Waals surface area contributed by atoms with Crippen molar-refractivity contribution in [3.05, 3.63) is 35.4 Å². The number of carboxylic acid groups (broad SMARTS) is 1. The molecule has 0 unspecified atom stereocenters. The van der Waals surface area contributed by atoms with Crippen molar-refractivity contribution in [1.82, 2.24) is 4.90 Å². The number of rotatable bonds is 6. The third-order valence-electron chi connectivity index (χ3n) is 4.81. The number of benzene rings is 1. The number of carboxylic acids is 1. The number of halogens is 3. The van der Waals surface area contributed by atoms with Gasteiger partial charge in [0.15, 0.2) is 0 Å². The molecule has 2 rings (SSSR count). The molecule has 1 heterocycles. The van der Waals surface area contributed by atoms with Crippen LogP contribution in [0.1, 0.15) is 43.7 Å². The minimum absolute atomic E-state index is 0.0811. The second-order valence-corrected chi connectivity index (χ2v) is 7.03. The van der Waals surface area contributed by atoms with Crippen molar-refractivity contribution < 1.29 is 27.9 Å². The van der Waals surface area contributed by atoms with Gasteiger partial charge in [-0.2, -0.15) is 13.2 Å². The number of alkyl halides is 3. The van der Waals surface area contributed by atoms with Crippen LogP contribution in [0.4, 0.5) is 13.2 Å². The molecule has 1 saturated heterocycles. The van der Waals surface area contributed by atoms with E-state index in [1.807, 2.05) is 0 Å². The van der Waals surface area contributed by atoms with Crippen LogP contribution in [0.2, 0.25) is 0 Å². The number of hydrogen-bond donors (Lipinski definition) is 1. The summed E-state index contributed by atoms with van der Waals surface area (Å²) in [4.78, 5) is 25.1. The average molecular weight is 371 g/mol. The lowest BCUT2D eigenvalue weighted by Gasteiger charge is -2.34. The third-order valence-corrected chi connectivity index (χ3v) is 4.81. The topological polar surface area (TPSA) is 57.6 Å². The average Bonchev–Trinajstić information content (AvgIpc) is 2.59. The van der Waals surface area contributed by atoms with Gasteiger partial charge in [0.25, 0.3) is 0 Å². The van der Waals surface area contributed by atoms with Gasteiger partial charge in [0.1, 0.15) is 0 Å². The van der Waals surface area contributed by atoms with E-state index in [2.05, 4.69) is 0 Å². The van der Waals surface area contributed by atoms with Gasteiger partial charge in [-0.1, -0.05) is 25.1 Å². The highest BCUT2D eigenvalue weighted by atomic mass is 19.4. The molecule has 2 atom stereocenters. The normalized spacial score (nSPS) is 19.2. The molecule has 0 bridgehead atoms. The first-order valence-corrected chi connectivity index (χ1v) is 8.83. The summed E-state index contributed by atoms with van der Waals surface area (Å²) in [6, 6.07) is 5.08. The number of carbonyl (C=O) groups excluding carboxylic acids is 1. The second-order valence-electron chi connectivity index (χ2n) is 7.03. The summed E-state index contributed by atoms with van der Waals surface area (Å²) in [6.07, 6.45) is -1.79.